The first kappa shape index (κ1) is 29.9. The Morgan fingerprint density at radius 2 is 2.07 bits per heavy atom. The molecular formula is C30H32F4N4O3S. The number of ether oxygens (including phenoxy) is 2. The third-order valence-electron chi connectivity index (χ3n) is 7.33. The average Bonchev–Trinajstić information content (AvgIpc) is 3.29. The standard InChI is InChI=1S/C30H32F4N4O3S/c1-38-12-10-22(21(31)15-38)36-24-6-3-5-19-20(14-30(32,33)34)27(42-29(19)24)7-4-11-35-23-9-8-18(13-26(23)40-2)25-16-41-17-28(39)37-25/h3,5-6,8-9,13,21-22,25,35-36H,10-12,14-17H2,1-2H3,(H,37,39). The van der Waals surface area contributed by atoms with E-state index in [2.05, 4.69) is 27.8 Å². The molecule has 224 valence electrons. The summed E-state index contributed by atoms with van der Waals surface area (Å²) in [5.41, 5.74) is 2.21. The van der Waals surface area contributed by atoms with Gasteiger partial charge < -0.3 is 30.3 Å². The lowest BCUT2D eigenvalue weighted by molar-refractivity contribution is -0.131. The Morgan fingerprint density at radius 3 is 2.81 bits per heavy atom. The van der Waals surface area contributed by atoms with Gasteiger partial charge in [-0.25, -0.2) is 4.39 Å². The molecule has 7 nitrogen and oxygen atoms in total. The molecule has 2 saturated heterocycles. The summed E-state index contributed by atoms with van der Waals surface area (Å²) in [5.74, 6) is 6.23. The summed E-state index contributed by atoms with van der Waals surface area (Å²) in [5, 5.41) is 9.75. The zero-order chi connectivity index (χ0) is 29.9. The molecule has 2 fully saturated rings. The lowest BCUT2D eigenvalue weighted by Crippen LogP contribution is -2.46. The van der Waals surface area contributed by atoms with E-state index in [1.165, 1.54) is 18.4 Å². The van der Waals surface area contributed by atoms with Gasteiger partial charge in [0.15, 0.2) is 0 Å². The van der Waals surface area contributed by atoms with Crippen LogP contribution in [0.5, 0.6) is 5.75 Å². The first-order valence-electron chi connectivity index (χ1n) is 13.6. The molecule has 12 heteroatoms. The molecule has 2 aliphatic rings. The summed E-state index contributed by atoms with van der Waals surface area (Å²) in [4.78, 5) is 13.9. The van der Waals surface area contributed by atoms with Crippen LogP contribution in [0.15, 0.2) is 36.4 Å². The fourth-order valence-corrected chi connectivity index (χ4v) is 6.41. The number of benzene rings is 2. The number of likely N-dealkylation sites (tertiary alicyclic amines) is 1. The van der Waals surface area contributed by atoms with Crippen LogP contribution in [0.3, 0.4) is 0 Å². The van der Waals surface area contributed by atoms with Crippen LogP contribution in [-0.2, 0) is 16.0 Å². The van der Waals surface area contributed by atoms with Crippen molar-refractivity contribution in [2.45, 2.75) is 37.3 Å². The van der Waals surface area contributed by atoms with E-state index in [0.717, 1.165) is 12.1 Å². The SMILES string of the molecule is COc1cc(C2COCC(=O)N2)ccc1NCC#Cc1sc2c(NC3CCN(C)CC3F)cccc2c1CC(F)(F)F. The minimum Gasteiger partial charge on any atom is -0.495 e. The van der Waals surface area contributed by atoms with Gasteiger partial charge in [0.05, 0.1) is 59.7 Å². The number of hydrogen-bond donors (Lipinski definition) is 3. The molecule has 3 aromatic rings. The molecule has 3 unspecified atom stereocenters. The maximum Gasteiger partial charge on any atom is 0.393 e. The Morgan fingerprint density at radius 1 is 1.24 bits per heavy atom. The van der Waals surface area contributed by atoms with Gasteiger partial charge in [-0.05, 0) is 48.2 Å². The molecule has 3 N–H and O–H groups in total. The molecule has 3 atom stereocenters. The predicted octanol–water partition coefficient (Wildman–Crippen LogP) is 5.12. The van der Waals surface area contributed by atoms with E-state index >= 15 is 0 Å². The van der Waals surface area contributed by atoms with Gasteiger partial charge in [0.25, 0.3) is 0 Å². The summed E-state index contributed by atoms with van der Waals surface area (Å²) >= 11 is 1.19. The number of rotatable bonds is 7. The summed E-state index contributed by atoms with van der Waals surface area (Å²) in [6.45, 7) is 1.58. The summed E-state index contributed by atoms with van der Waals surface area (Å²) in [7, 11) is 3.39. The van der Waals surface area contributed by atoms with Crippen molar-refractivity contribution in [3.63, 3.8) is 0 Å². The topological polar surface area (TPSA) is 74.9 Å². The molecule has 1 aromatic heterocycles. The summed E-state index contributed by atoms with van der Waals surface area (Å²) < 4.78 is 67.0. The Labute approximate surface area is 245 Å². The number of nitrogens with zero attached hydrogens (tertiary/aromatic N) is 1. The number of nitrogens with one attached hydrogen (secondary N) is 3. The molecule has 0 bridgehead atoms. The minimum atomic E-state index is -4.41. The van der Waals surface area contributed by atoms with Crippen molar-refractivity contribution in [2.24, 2.45) is 0 Å². The number of hydrogen-bond acceptors (Lipinski definition) is 7. The maximum absolute atomic E-state index is 14.7. The zero-order valence-electron chi connectivity index (χ0n) is 23.2. The highest BCUT2D eigenvalue weighted by atomic mass is 32.1. The van der Waals surface area contributed by atoms with E-state index in [1.54, 1.807) is 30.3 Å². The second-order valence-corrected chi connectivity index (χ2v) is 11.5. The molecule has 3 heterocycles. The number of methoxy groups -OCH3 is 1. The van der Waals surface area contributed by atoms with Gasteiger partial charge in [-0.1, -0.05) is 30.0 Å². The fourth-order valence-electron chi connectivity index (χ4n) is 5.24. The third kappa shape index (κ3) is 7.09. The molecule has 5 rings (SSSR count). The molecule has 2 aromatic carbocycles. The predicted molar refractivity (Wildman–Crippen MR) is 156 cm³/mol. The zero-order valence-corrected chi connectivity index (χ0v) is 24.1. The van der Waals surface area contributed by atoms with Gasteiger partial charge in [-0.15, -0.1) is 11.3 Å². The molecule has 42 heavy (non-hydrogen) atoms. The van der Waals surface area contributed by atoms with Crippen LogP contribution in [-0.4, -0.2) is 76.2 Å². The highest BCUT2D eigenvalue weighted by Crippen LogP contribution is 2.39. The smallest absolute Gasteiger partial charge is 0.393 e. The molecule has 1 amide bonds. The molecule has 0 saturated carbocycles. The average molecular weight is 605 g/mol. The number of fused-ring (bicyclic) bond motifs is 1. The molecule has 0 spiro atoms. The maximum atomic E-state index is 14.7. The van der Waals surface area contributed by atoms with Crippen molar-refractivity contribution in [3.8, 4) is 17.6 Å². The number of carbonyl (C=O) groups is 1. The number of carbonyl (C=O) groups excluding carboxylic acids is 1. The van der Waals surface area contributed by atoms with Crippen molar-refractivity contribution in [1.82, 2.24) is 10.2 Å². The first-order valence-corrected chi connectivity index (χ1v) is 14.4. The monoisotopic (exact) mass is 604 g/mol. The molecule has 0 aliphatic carbocycles. The summed E-state index contributed by atoms with van der Waals surface area (Å²) in [6.07, 6.45) is -6.01. The van der Waals surface area contributed by atoms with Crippen LogP contribution >= 0.6 is 11.3 Å². The lowest BCUT2D eigenvalue weighted by atomic mass is 10.0. The summed E-state index contributed by atoms with van der Waals surface area (Å²) in [6, 6.07) is 9.86. The van der Waals surface area contributed by atoms with Gasteiger partial charge >= 0.3 is 6.18 Å². The van der Waals surface area contributed by atoms with Crippen molar-refractivity contribution in [2.75, 3.05) is 57.6 Å². The number of morpholine rings is 1. The normalized spacial score (nSPS) is 21.4. The van der Waals surface area contributed by atoms with Crippen molar-refractivity contribution >= 4 is 38.7 Å². The van der Waals surface area contributed by atoms with Gasteiger partial charge in [-0.2, -0.15) is 13.2 Å². The number of anilines is 2. The highest BCUT2D eigenvalue weighted by Gasteiger charge is 2.32. The Hall–Kier alpha value is -3.53. The van der Waals surface area contributed by atoms with Crippen LogP contribution in [0.25, 0.3) is 10.1 Å². The van der Waals surface area contributed by atoms with Gasteiger partial charge in [0.2, 0.25) is 5.91 Å². The highest BCUT2D eigenvalue weighted by molar-refractivity contribution is 7.20. The molecule has 2 aliphatic heterocycles. The third-order valence-corrected chi connectivity index (χ3v) is 8.53. The second-order valence-electron chi connectivity index (χ2n) is 10.5. The van der Waals surface area contributed by atoms with E-state index in [0.29, 0.717) is 51.7 Å². The van der Waals surface area contributed by atoms with Gasteiger partial charge in [-0.3, -0.25) is 4.79 Å². The van der Waals surface area contributed by atoms with E-state index in [-0.39, 0.29) is 30.7 Å². The largest absolute Gasteiger partial charge is 0.495 e. The van der Waals surface area contributed by atoms with E-state index in [9.17, 15) is 22.4 Å². The first-order chi connectivity index (χ1) is 20.1. The Kier molecular flexibility index (Phi) is 9.11. The van der Waals surface area contributed by atoms with E-state index in [4.69, 9.17) is 9.47 Å². The van der Waals surface area contributed by atoms with Crippen LogP contribution in [0.1, 0.15) is 28.5 Å². The lowest BCUT2D eigenvalue weighted by Gasteiger charge is -2.33. The van der Waals surface area contributed by atoms with Crippen LogP contribution < -0.4 is 20.7 Å². The fraction of sp³-hybridized carbons (Fsp3) is 0.433. The quantitative estimate of drug-likeness (QED) is 0.257. The number of amides is 1. The van der Waals surface area contributed by atoms with Crippen LogP contribution in [0.2, 0.25) is 0 Å². The van der Waals surface area contributed by atoms with E-state index < -0.39 is 24.8 Å². The number of thiophene rings is 1. The molecular weight excluding hydrogens is 572 g/mol. The number of alkyl halides is 4. The van der Waals surface area contributed by atoms with Gasteiger partial charge in [0.1, 0.15) is 18.5 Å². The number of halogens is 4. The molecule has 0 radical (unpaired) electrons. The van der Waals surface area contributed by atoms with Crippen molar-refractivity contribution in [1.29, 1.82) is 0 Å². The number of piperidine rings is 1. The van der Waals surface area contributed by atoms with Crippen molar-refractivity contribution in [3.05, 3.63) is 52.4 Å². The Balaban J connectivity index is 1.36. The van der Waals surface area contributed by atoms with Gasteiger partial charge in [0, 0.05) is 13.1 Å². The Bertz CT molecular complexity index is 1500. The van der Waals surface area contributed by atoms with Crippen LogP contribution in [0.4, 0.5) is 28.9 Å². The van der Waals surface area contributed by atoms with E-state index in [1.807, 2.05) is 18.0 Å². The van der Waals surface area contributed by atoms with Crippen molar-refractivity contribution < 1.29 is 31.8 Å². The second kappa shape index (κ2) is 12.8. The minimum absolute atomic E-state index is 0.0324. The van der Waals surface area contributed by atoms with Crippen LogP contribution in [0, 0.1) is 11.8 Å².